The predicted octanol–water partition coefficient (Wildman–Crippen LogP) is 8.45. The van der Waals surface area contributed by atoms with Crippen molar-refractivity contribution in [3.05, 3.63) is 23.8 Å². The van der Waals surface area contributed by atoms with Crippen LogP contribution in [0.25, 0.3) is 0 Å². The molecule has 4 atom stereocenters. The van der Waals surface area contributed by atoms with Crippen LogP contribution in [0, 0.1) is 17.3 Å². The van der Waals surface area contributed by atoms with Gasteiger partial charge in [-0.3, -0.25) is 4.79 Å². The molecule has 2 rings (SSSR count). The molecule has 0 heterocycles. The van der Waals surface area contributed by atoms with Crippen LogP contribution in [0.3, 0.4) is 0 Å². The van der Waals surface area contributed by atoms with Gasteiger partial charge in [-0.1, -0.05) is 97.3 Å². The van der Waals surface area contributed by atoms with E-state index in [2.05, 4.69) is 32.1 Å². The first-order chi connectivity index (χ1) is 17.7. The zero-order valence-electron chi connectivity index (χ0n) is 24.6. The molecule has 0 spiro atoms. The summed E-state index contributed by atoms with van der Waals surface area (Å²) in [7, 11) is 0. The van der Waals surface area contributed by atoms with E-state index in [-0.39, 0.29) is 23.2 Å². The van der Waals surface area contributed by atoms with Gasteiger partial charge in [-0.05, 0) is 80.6 Å². The molecule has 1 saturated carbocycles. The van der Waals surface area contributed by atoms with E-state index in [0.717, 1.165) is 37.7 Å². The molecule has 0 saturated heterocycles. The maximum Gasteiger partial charge on any atom is 0.306 e. The summed E-state index contributed by atoms with van der Waals surface area (Å²) in [6, 6.07) is 0. The molecule has 0 amide bonds. The van der Waals surface area contributed by atoms with Crippen molar-refractivity contribution < 1.29 is 19.7 Å². The summed E-state index contributed by atoms with van der Waals surface area (Å²) in [6.45, 7) is 8.84. The minimum Gasteiger partial charge on any atom is -0.461 e. The van der Waals surface area contributed by atoms with Crippen LogP contribution in [0.4, 0.5) is 0 Å². The molecule has 1 fully saturated rings. The molecular formula is C33H58O4. The third kappa shape index (κ3) is 10.2. The smallest absolute Gasteiger partial charge is 0.306 e. The van der Waals surface area contributed by atoms with Crippen molar-refractivity contribution in [2.45, 2.75) is 155 Å². The van der Waals surface area contributed by atoms with Gasteiger partial charge in [0.1, 0.15) is 6.61 Å². The van der Waals surface area contributed by atoms with Crippen LogP contribution in [0.1, 0.15) is 143 Å². The average molecular weight is 519 g/mol. The van der Waals surface area contributed by atoms with Gasteiger partial charge in [-0.15, -0.1) is 0 Å². The van der Waals surface area contributed by atoms with Crippen molar-refractivity contribution in [3.8, 4) is 0 Å². The highest BCUT2D eigenvalue weighted by Gasteiger charge is 2.60. The van der Waals surface area contributed by atoms with E-state index in [1.165, 1.54) is 70.6 Å². The van der Waals surface area contributed by atoms with E-state index in [1.807, 2.05) is 13.8 Å². The number of rotatable bonds is 18. The van der Waals surface area contributed by atoms with Gasteiger partial charge in [0.25, 0.3) is 0 Å². The average Bonchev–Trinajstić information content (AvgIpc) is 2.96. The molecule has 4 heteroatoms. The lowest BCUT2D eigenvalue weighted by atomic mass is 9.69. The van der Waals surface area contributed by atoms with Crippen molar-refractivity contribution in [2.75, 3.05) is 6.61 Å². The van der Waals surface area contributed by atoms with Crippen LogP contribution in [-0.2, 0) is 9.53 Å². The number of aliphatic hydroxyl groups is 2. The number of carbonyl (C=O) groups is 1. The van der Waals surface area contributed by atoms with Crippen LogP contribution >= 0.6 is 0 Å². The van der Waals surface area contributed by atoms with Crippen molar-refractivity contribution in [3.63, 3.8) is 0 Å². The summed E-state index contributed by atoms with van der Waals surface area (Å²) in [5, 5.41) is 22.0. The first kappa shape index (κ1) is 32.1. The number of esters is 1. The first-order valence-electron chi connectivity index (χ1n) is 15.6. The Hall–Kier alpha value is -1.13. The molecule has 2 N–H and O–H groups in total. The molecule has 0 unspecified atom stereocenters. The Kier molecular flexibility index (Phi) is 14.5. The number of allylic oxidation sites excluding steroid dienone is 3. The summed E-state index contributed by atoms with van der Waals surface area (Å²) in [6.07, 6.45) is 26.1. The van der Waals surface area contributed by atoms with E-state index in [4.69, 9.17) is 4.74 Å². The van der Waals surface area contributed by atoms with E-state index in [9.17, 15) is 15.0 Å². The van der Waals surface area contributed by atoms with Crippen molar-refractivity contribution >= 4 is 5.97 Å². The SMILES string of the molecule is CCCCCCCC/C=C/CCCCCCCC(=O)OCC1=CC[C@@]2(C)C[C@H](O)[C@@](O)(C(C)C)[C@@H]2CC1. The van der Waals surface area contributed by atoms with Crippen LogP contribution in [0.15, 0.2) is 23.8 Å². The Bertz CT molecular complexity index is 711. The molecule has 0 bridgehead atoms. The number of hydrogen-bond donors (Lipinski definition) is 2. The largest absolute Gasteiger partial charge is 0.461 e. The number of unbranched alkanes of at least 4 members (excludes halogenated alkanes) is 11. The molecule has 2 aliphatic rings. The minimum absolute atomic E-state index is 0.0140. The van der Waals surface area contributed by atoms with Gasteiger partial charge in [0.15, 0.2) is 0 Å². The van der Waals surface area contributed by atoms with Gasteiger partial charge in [0.05, 0.1) is 11.7 Å². The van der Waals surface area contributed by atoms with Gasteiger partial charge in [0, 0.05) is 6.42 Å². The van der Waals surface area contributed by atoms with Gasteiger partial charge < -0.3 is 14.9 Å². The van der Waals surface area contributed by atoms with E-state index in [0.29, 0.717) is 19.4 Å². The fraction of sp³-hybridized carbons (Fsp3) is 0.848. The van der Waals surface area contributed by atoms with Crippen molar-refractivity contribution in [2.24, 2.45) is 17.3 Å². The van der Waals surface area contributed by atoms with Crippen molar-refractivity contribution in [1.82, 2.24) is 0 Å². The molecule has 37 heavy (non-hydrogen) atoms. The molecule has 214 valence electrons. The Morgan fingerprint density at radius 1 is 1.03 bits per heavy atom. The Morgan fingerprint density at radius 2 is 1.62 bits per heavy atom. The fourth-order valence-corrected chi connectivity index (χ4v) is 6.66. The van der Waals surface area contributed by atoms with E-state index in [1.54, 1.807) is 0 Å². The third-order valence-corrected chi connectivity index (χ3v) is 9.19. The van der Waals surface area contributed by atoms with Gasteiger partial charge in [-0.2, -0.15) is 0 Å². The fourth-order valence-electron chi connectivity index (χ4n) is 6.66. The summed E-state index contributed by atoms with van der Waals surface area (Å²) < 4.78 is 5.60. The number of hydrogen-bond acceptors (Lipinski definition) is 4. The van der Waals surface area contributed by atoms with Crippen LogP contribution in [0.5, 0.6) is 0 Å². The Balaban J connectivity index is 1.52. The normalized spacial score (nSPS) is 27.9. The zero-order chi connectivity index (χ0) is 27.2. The number of ether oxygens (including phenoxy) is 1. The van der Waals surface area contributed by atoms with E-state index < -0.39 is 11.7 Å². The van der Waals surface area contributed by atoms with Crippen LogP contribution in [0.2, 0.25) is 0 Å². The second kappa shape index (κ2) is 16.7. The van der Waals surface area contributed by atoms with Gasteiger partial charge in [0.2, 0.25) is 0 Å². The van der Waals surface area contributed by atoms with E-state index >= 15 is 0 Å². The van der Waals surface area contributed by atoms with Crippen LogP contribution < -0.4 is 0 Å². The molecule has 4 nitrogen and oxygen atoms in total. The lowest BCUT2D eigenvalue weighted by molar-refractivity contribution is -0.142. The number of carbonyl (C=O) groups excluding carboxylic acids is 1. The Morgan fingerprint density at radius 3 is 2.24 bits per heavy atom. The molecule has 0 radical (unpaired) electrons. The zero-order valence-corrected chi connectivity index (χ0v) is 24.6. The summed E-state index contributed by atoms with van der Waals surface area (Å²) >= 11 is 0. The highest BCUT2D eigenvalue weighted by Crippen LogP contribution is 2.57. The van der Waals surface area contributed by atoms with Gasteiger partial charge in [-0.25, -0.2) is 0 Å². The molecule has 0 aromatic carbocycles. The number of fused-ring (bicyclic) bond motifs is 1. The maximum atomic E-state index is 12.3. The lowest BCUT2D eigenvalue weighted by Crippen LogP contribution is -2.49. The second-order valence-electron chi connectivity index (χ2n) is 12.6. The Labute approximate surface area is 228 Å². The quantitative estimate of drug-likeness (QED) is 0.108. The monoisotopic (exact) mass is 518 g/mol. The molecule has 0 aliphatic heterocycles. The predicted molar refractivity (Wildman–Crippen MR) is 154 cm³/mol. The molecule has 0 aromatic heterocycles. The minimum atomic E-state index is -1.03. The standard InChI is InChI=1S/C33H58O4/c1-5-6-7-8-9-10-11-12-13-14-15-16-17-18-19-20-31(35)37-26-28-21-22-29-32(4,24-23-28)25-30(34)33(29,36)27(2)3/h12-13,23,27,29-30,34,36H,5-11,14-22,24-26H2,1-4H3/b13-12+/t29-,30+,32+,33-/m1/s1. The lowest BCUT2D eigenvalue weighted by Gasteiger charge is -2.40. The summed E-state index contributed by atoms with van der Waals surface area (Å²) in [4.78, 5) is 12.3. The maximum absolute atomic E-state index is 12.3. The number of aliphatic hydroxyl groups excluding tert-OH is 1. The molecular weight excluding hydrogens is 460 g/mol. The third-order valence-electron chi connectivity index (χ3n) is 9.19. The highest BCUT2D eigenvalue weighted by molar-refractivity contribution is 5.69. The first-order valence-corrected chi connectivity index (χ1v) is 15.6. The topological polar surface area (TPSA) is 66.8 Å². The highest BCUT2D eigenvalue weighted by atomic mass is 16.5. The molecule has 0 aromatic rings. The van der Waals surface area contributed by atoms with Crippen LogP contribution in [-0.4, -0.2) is 34.5 Å². The summed E-state index contributed by atoms with van der Waals surface area (Å²) in [5.74, 6) is -0.0152. The molecule has 2 aliphatic carbocycles. The second-order valence-corrected chi connectivity index (χ2v) is 12.6. The van der Waals surface area contributed by atoms with Gasteiger partial charge >= 0.3 is 5.97 Å². The summed E-state index contributed by atoms with van der Waals surface area (Å²) in [5.41, 5.74) is 0.0287. The van der Waals surface area contributed by atoms with Crippen molar-refractivity contribution in [1.29, 1.82) is 0 Å².